The Balaban J connectivity index is 1.81. The lowest BCUT2D eigenvalue weighted by Gasteiger charge is -2.37. The molecule has 1 aliphatic carbocycles. The molecule has 1 heterocycles. The minimum Gasteiger partial charge on any atom is -0.493 e. The molecule has 2 N–H and O–H groups in total. The van der Waals surface area contributed by atoms with E-state index in [0.717, 1.165) is 11.8 Å². The summed E-state index contributed by atoms with van der Waals surface area (Å²) >= 11 is 0. The first kappa shape index (κ1) is 22.5. The summed E-state index contributed by atoms with van der Waals surface area (Å²) in [6, 6.07) is 9.82. The predicted molar refractivity (Wildman–Crippen MR) is 117 cm³/mol. The fraction of sp³-hybridized carbons (Fsp3) is 0.409. The van der Waals surface area contributed by atoms with E-state index < -0.39 is 22.7 Å². The Hall–Kier alpha value is -2.72. The molecule has 1 fully saturated rings. The van der Waals surface area contributed by atoms with Crippen molar-refractivity contribution in [3.63, 3.8) is 0 Å². The van der Waals surface area contributed by atoms with E-state index in [1.807, 2.05) is 0 Å². The second-order valence-corrected chi connectivity index (χ2v) is 9.79. The van der Waals surface area contributed by atoms with Crippen molar-refractivity contribution in [1.29, 1.82) is 0 Å². The molecule has 0 bridgehead atoms. The van der Waals surface area contributed by atoms with Gasteiger partial charge < -0.3 is 14.6 Å². The van der Waals surface area contributed by atoms with Gasteiger partial charge in [0, 0.05) is 22.7 Å². The Bertz CT molecular complexity index is 1140. The van der Waals surface area contributed by atoms with Gasteiger partial charge in [0.05, 0.1) is 31.2 Å². The van der Waals surface area contributed by atoms with Crippen LogP contribution in [0.4, 0.5) is 14.5 Å². The summed E-state index contributed by atoms with van der Waals surface area (Å²) in [5.41, 5.74) is 3.20. The number of rotatable bonds is 6. The summed E-state index contributed by atoms with van der Waals surface area (Å²) in [7, 11) is -2.03. The molecule has 3 unspecified atom stereocenters. The number of aliphatic hydroxyl groups excluding tert-OH is 1. The lowest BCUT2D eigenvalue weighted by molar-refractivity contribution is -0.0512. The van der Waals surface area contributed by atoms with E-state index in [2.05, 4.69) is 9.46 Å². The first-order chi connectivity index (χ1) is 15.1. The quantitative estimate of drug-likeness (QED) is 0.679. The molecule has 3 atom stereocenters. The van der Waals surface area contributed by atoms with Crippen molar-refractivity contribution in [1.82, 2.24) is 0 Å². The average Bonchev–Trinajstić information content (AvgIpc) is 2.72. The van der Waals surface area contributed by atoms with Gasteiger partial charge in [-0.3, -0.25) is 9.71 Å². The van der Waals surface area contributed by atoms with Crippen LogP contribution in [-0.2, 0) is 10.0 Å². The molecule has 0 aromatic heterocycles. The van der Waals surface area contributed by atoms with Crippen molar-refractivity contribution < 1.29 is 31.8 Å². The number of aliphatic hydroxyl groups is 1. The molecule has 172 valence electrons. The summed E-state index contributed by atoms with van der Waals surface area (Å²) in [6.07, 6.45) is 2.46. The number of methoxy groups -OCH3 is 1. The monoisotopic (exact) mass is 466 g/mol. The summed E-state index contributed by atoms with van der Waals surface area (Å²) in [5.74, 6) is 0.0223. The topological polar surface area (TPSA) is 97.2 Å². The molecule has 32 heavy (non-hydrogen) atoms. The van der Waals surface area contributed by atoms with Crippen LogP contribution in [0.3, 0.4) is 0 Å². The number of hydrogen-bond acceptors (Lipinski definition) is 6. The zero-order valence-electron chi connectivity index (χ0n) is 17.6. The molecule has 0 amide bonds. The summed E-state index contributed by atoms with van der Waals surface area (Å²) in [6.45, 7) is -3.02. The fourth-order valence-electron chi connectivity index (χ4n) is 4.43. The van der Waals surface area contributed by atoms with Gasteiger partial charge in [-0.2, -0.15) is 8.78 Å². The van der Waals surface area contributed by atoms with Crippen LogP contribution in [0.25, 0.3) is 0 Å². The molecule has 0 radical (unpaired) electrons. The minimum absolute atomic E-state index is 0.0682. The number of hydrogen-bond donors (Lipinski definition) is 2. The number of anilines is 1. The van der Waals surface area contributed by atoms with Gasteiger partial charge >= 0.3 is 6.61 Å². The molecule has 1 saturated carbocycles. The molecule has 7 nitrogen and oxygen atoms in total. The van der Waals surface area contributed by atoms with Gasteiger partial charge in [-0.25, -0.2) is 8.42 Å². The number of alkyl halides is 2. The predicted octanol–water partition coefficient (Wildman–Crippen LogP) is 3.52. The highest BCUT2D eigenvalue weighted by Gasteiger charge is 2.37. The van der Waals surface area contributed by atoms with E-state index in [1.165, 1.54) is 13.2 Å². The third kappa shape index (κ3) is 4.71. The smallest absolute Gasteiger partial charge is 0.387 e. The van der Waals surface area contributed by atoms with Crippen LogP contribution in [-0.4, -0.2) is 51.4 Å². The Kier molecular flexibility index (Phi) is 6.09. The third-order valence-corrected chi connectivity index (χ3v) is 6.36. The van der Waals surface area contributed by atoms with Crippen LogP contribution in [0.1, 0.15) is 41.9 Å². The van der Waals surface area contributed by atoms with Crippen molar-refractivity contribution in [2.75, 3.05) is 18.1 Å². The lowest BCUT2D eigenvalue weighted by atomic mass is 9.74. The van der Waals surface area contributed by atoms with Crippen molar-refractivity contribution in [3.8, 4) is 11.5 Å². The number of nitrogens with one attached hydrogen (secondary N) is 1. The van der Waals surface area contributed by atoms with E-state index in [9.17, 15) is 22.3 Å². The number of sulfonamides is 1. The summed E-state index contributed by atoms with van der Waals surface area (Å²) in [4.78, 5) is 4.91. The van der Waals surface area contributed by atoms with Crippen LogP contribution in [0.15, 0.2) is 41.4 Å². The van der Waals surface area contributed by atoms with Gasteiger partial charge in [0.25, 0.3) is 0 Å². The molecule has 0 saturated heterocycles. The van der Waals surface area contributed by atoms with Crippen LogP contribution >= 0.6 is 0 Å². The van der Waals surface area contributed by atoms with Gasteiger partial charge in [0.1, 0.15) is 0 Å². The third-order valence-electron chi connectivity index (χ3n) is 5.75. The van der Waals surface area contributed by atoms with E-state index in [4.69, 9.17) is 9.73 Å². The molecule has 2 aromatic rings. The number of nitrogens with zero attached hydrogens (tertiary/aromatic N) is 1. The second kappa shape index (κ2) is 8.67. The van der Waals surface area contributed by atoms with Crippen molar-refractivity contribution in [2.45, 2.75) is 43.9 Å². The second-order valence-electron chi connectivity index (χ2n) is 8.04. The Morgan fingerprint density at radius 3 is 2.50 bits per heavy atom. The molecular formula is C22H24F2N2O5S. The first-order valence-electron chi connectivity index (χ1n) is 10.2. The van der Waals surface area contributed by atoms with E-state index in [1.54, 1.807) is 30.3 Å². The number of aliphatic imine (C=N–C) groups is 1. The van der Waals surface area contributed by atoms with Gasteiger partial charge in [0.2, 0.25) is 10.0 Å². The maximum Gasteiger partial charge on any atom is 0.387 e. The standard InChI is InChI=1S/C22H24F2N2O5S/c1-30-19-10-15-16-9-14(27)7-8-18(16)25-21(17(15)11-20(19)31-22(23)24)12-3-5-13(6-4-12)26-32(2,28)29/h3-6,10-11,14,16,18,22,26-27H,7-9H2,1-2H3. The van der Waals surface area contributed by atoms with Crippen LogP contribution in [0.2, 0.25) is 0 Å². The average molecular weight is 467 g/mol. The summed E-state index contributed by atoms with van der Waals surface area (Å²) < 4.78 is 61.3. The van der Waals surface area contributed by atoms with Gasteiger partial charge in [-0.1, -0.05) is 12.1 Å². The van der Waals surface area contributed by atoms with Crippen LogP contribution < -0.4 is 14.2 Å². The highest BCUT2D eigenvalue weighted by atomic mass is 32.2. The van der Waals surface area contributed by atoms with Crippen molar-refractivity contribution in [2.24, 2.45) is 4.99 Å². The highest BCUT2D eigenvalue weighted by molar-refractivity contribution is 7.92. The van der Waals surface area contributed by atoms with Crippen LogP contribution in [0, 0.1) is 0 Å². The normalized spacial score (nSPS) is 22.6. The Labute approximate surface area is 185 Å². The molecule has 2 aliphatic rings. The number of halogens is 2. The van der Waals surface area contributed by atoms with Crippen LogP contribution in [0.5, 0.6) is 11.5 Å². The maximum absolute atomic E-state index is 13.0. The zero-order valence-corrected chi connectivity index (χ0v) is 18.4. The largest absolute Gasteiger partial charge is 0.493 e. The SMILES string of the molecule is COc1cc2c(cc1OC(F)F)C(c1ccc(NS(C)(=O)=O)cc1)=NC1CCC(O)CC21. The van der Waals surface area contributed by atoms with E-state index in [-0.39, 0.29) is 23.5 Å². The van der Waals surface area contributed by atoms with E-state index in [0.29, 0.717) is 41.8 Å². The molecule has 10 heteroatoms. The fourth-order valence-corrected chi connectivity index (χ4v) is 5.00. The molecule has 0 spiro atoms. The number of ether oxygens (including phenoxy) is 2. The van der Waals surface area contributed by atoms with Crippen molar-refractivity contribution >= 4 is 21.4 Å². The maximum atomic E-state index is 13.0. The molecular weight excluding hydrogens is 442 g/mol. The highest BCUT2D eigenvalue weighted by Crippen LogP contribution is 2.45. The lowest BCUT2D eigenvalue weighted by Crippen LogP contribution is -2.34. The van der Waals surface area contributed by atoms with Gasteiger partial charge in [-0.15, -0.1) is 0 Å². The van der Waals surface area contributed by atoms with Crippen molar-refractivity contribution in [3.05, 3.63) is 53.1 Å². The number of fused-ring (bicyclic) bond motifs is 3. The first-order valence-corrected chi connectivity index (χ1v) is 12.0. The van der Waals surface area contributed by atoms with E-state index >= 15 is 0 Å². The molecule has 4 rings (SSSR count). The zero-order chi connectivity index (χ0) is 23.0. The number of benzene rings is 2. The minimum atomic E-state index is -3.41. The molecule has 1 aliphatic heterocycles. The summed E-state index contributed by atoms with van der Waals surface area (Å²) in [5, 5.41) is 10.2. The Morgan fingerprint density at radius 2 is 1.88 bits per heavy atom. The van der Waals surface area contributed by atoms with Gasteiger partial charge in [0.15, 0.2) is 11.5 Å². The Morgan fingerprint density at radius 1 is 1.16 bits per heavy atom. The van der Waals surface area contributed by atoms with Gasteiger partial charge in [-0.05, 0) is 49.1 Å². The molecule has 2 aromatic carbocycles.